The zero-order valence-electron chi connectivity index (χ0n) is 12.8. The molecular formula is C15H25NO4. The molecule has 0 spiro atoms. The van der Waals surface area contributed by atoms with Crippen LogP contribution in [0.5, 0.6) is 0 Å². The molecule has 4 atom stereocenters. The minimum Gasteiger partial charge on any atom is -0.480 e. The maximum absolute atomic E-state index is 11.8. The molecule has 1 amide bonds. The molecule has 114 valence electrons. The third-order valence-electron chi connectivity index (χ3n) is 3.43. The molecule has 5 heteroatoms. The second-order valence-electron chi connectivity index (χ2n) is 6.58. The first-order valence-electron chi connectivity index (χ1n) is 7.01. The van der Waals surface area contributed by atoms with E-state index in [1.165, 1.54) is 0 Å². The number of rotatable bonds is 3. The predicted molar refractivity (Wildman–Crippen MR) is 76.4 cm³/mol. The fraction of sp³-hybridized carbons (Fsp3) is 0.733. The summed E-state index contributed by atoms with van der Waals surface area (Å²) in [5.74, 6) is -0.712. The van der Waals surface area contributed by atoms with E-state index in [4.69, 9.17) is 4.74 Å². The van der Waals surface area contributed by atoms with Crippen molar-refractivity contribution in [3.8, 4) is 0 Å². The highest BCUT2D eigenvalue weighted by Crippen LogP contribution is 2.31. The summed E-state index contributed by atoms with van der Waals surface area (Å²) in [4.78, 5) is 23.2. The predicted octanol–water partition coefficient (Wildman–Crippen LogP) is 2.81. The van der Waals surface area contributed by atoms with Gasteiger partial charge in [0.25, 0.3) is 0 Å². The van der Waals surface area contributed by atoms with E-state index in [2.05, 4.69) is 11.4 Å². The lowest BCUT2D eigenvalue weighted by molar-refractivity contribution is -0.141. The van der Waals surface area contributed by atoms with E-state index in [0.717, 1.165) is 6.42 Å². The maximum Gasteiger partial charge on any atom is 0.408 e. The van der Waals surface area contributed by atoms with E-state index in [1.54, 1.807) is 20.8 Å². The minimum atomic E-state index is -1.02. The molecule has 2 N–H and O–H groups in total. The monoisotopic (exact) mass is 283 g/mol. The Labute approximate surface area is 120 Å². The summed E-state index contributed by atoms with van der Waals surface area (Å²) in [6, 6.07) is -0.924. The zero-order chi connectivity index (χ0) is 15.5. The molecular weight excluding hydrogens is 258 g/mol. The Hall–Kier alpha value is -1.52. The van der Waals surface area contributed by atoms with Gasteiger partial charge in [-0.25, -0.2) is 9.59 Å². The van der Waals surface area contributed by atoms with Crippen LogP contribution >= 0.6 is 0 Å². The number of nitrogens with one attached hydrogen (secondary N) is 1. The molecule has 0 saturated carbocycles. The first kappa shape index (κ1) is 16.5. The van der Waals surface area contributed by atoms with E-state index in [-0.39, 0.29) is 11.8 Å². The number of hydrogen-bond acceptors (Lipinski definition) is 3. The van der Waals surface area contributed by atoms with Crippen molar-refractivity contribution in [2.24, 2.45) is 17.8 Å². The van der Waals surface area contributed by atoms with Gasteiger partial charge in [0, 0.05) is 0 Å². The standard InChI is InChI=1S/C15H25NO4/c1-9-6-7-10(2)11(8-9)12(13(17)18)16-14(19)20-15(3,4)5/h6-7,9-12H,8H2,1-5H3,(H,16,19)(H,17,18)/t9?,10?,11?,12-/m0/s1. The summed E-state index contributed by atoms with van der Waals surface area (Å²) >= 11 is 0. The van der Waals surface area contributed by atoms with Crippen LogP contribution in [-0.2, 0) is 9.53 Å². The summed E-state index contributed by atoms with van der Waals surface area (Å²) in [6.07, 6.45) is 4.17. The lowest BCUT2D eigenvalue weighted by Gasteiger charge is -2.33. The lowest BCUT2D eigenvalue weighted by atomic mass is 9.76. The Bertz CT molecular complexity index is 397. The van der Waals surface area contributed by atoms with Crippen molar-refractivity contribution in [2.75, 3.05) is 0 Å². The normalized spacial score (nSPS) is 27.8. The van der Waals surface area contributed by atoms with Crippen LogP contribution in [0.3, 0.4) is 0 Å². The largest absolute Gasteiger partial charge is 0.480 e. The van der Waals surface area contributed by atoms with E-state index in [1.807, 2.05) is 19.9 Å². The summed E-state index contributed by atoms with van der Waals surface area (Å²) in [5.41, 5.74) is -0.640. The fourth-order valence-electron chi connectivity index (χ4n) is 2.46. The van der Waals surface area contributed by atoms with Crippen molar-refractivity contribution in [1.82, 2.24) is 5.32 Å². The molecule has 0 aromatic rings. The van der Waals surface area contributed by atoms with Gasteiger partial charge in [0.2, 0.25) is 0 Å². The van der Waals surface area contributed by atoms with E-state index < -0.39 is 23.7 Å². The van der Waals surface area contributed by atoms with Gasteiger partial charge in [0.05, 0.1) is 0 Å². The van der Waals surface area contributed by atoms with Gasteiger partial charge in [-0.3, -0.25) is 0 Å². The number of carbonyl (C=O) groups excluding carboxylic acids is 1. The number of carboxylic acids is 1. The van der Waals surface area contributed by atoms with Gasteiger partial charge < -0.3 is 15.2 Å². The second kappa shape index (κ2) is 6.29. The molecule has 0 aliphatic heterocycles. The Morgan fingerprint density at radius 1 is 1.30 bits per heavy atom. The van der Waals surface area contributed by atoms with Gasteiger partial charge in [0.1, 0.15) is 11.6 Å². The van der Waals surface area contributed by atoms with Crippen LogP contribution in [0, 0.1) is 17.8 Å². The van der Waals surface area contributed by atoms with Crippen LogP contribution in [0.1, 0.15) is 41.0 Å². The van der Waals surface area contributed by atoms with Gasteiger partial charge in [-0.1, -0.05) is 26.0 Å². The zero-order valence-corrected chi connectivity index (χ0v) is 12.8. The fourth-order valence-corrected chi connectivity index (χ4v) is 2.46. The molecule has 0 heterocycles. The molecule has 5 nitrogen and oxygen atoms in total. The average Bonchev–Trinajstić information content (AvgIpc) is 2.27. The number of hydrogen-bond donors (Lipinski definition) is 2. The maximum atomic E-state index is 11.8. The van der Waals surface area contributed by atoms with Crippen molar-refractivity contribution in [1.29, 1.82) is 0 Å². The highest BCUT2D eigenvalue weighted by molar-refractivity contribution is 5.80. The first-order chi connectivity index (χ1) is 9.10. The smallest absolute Gasteiger partial charge is 0.408 e. The Morgan fingerprint density at radius 2 is 1.90 bits per heavy atom. The third-order valence-corrected chi connectivity index (χ3v) is 3.43. The average molecular weight is 283 g/mol. The van der Waals surface area contributed by atoms with Crippen LogP contribution in [-0.4, -0.2) is 28.8 Å². The first-order valence-corrected chi connectivity index (χ1v) is 7.01. The van der Waals surface area contributed by atoms with Crippen molar-refractivity contribution in [3.05, 3.63) is 12.2 Å². The Morgan fingerprint density at radius 3 is 2.40 bits per heavy atom. The van der Waals surface area contributed by atoms with Crippen LogP contribution in [0.25, 0.3) is 0 Å². The summed E-state index contributed by atoms with van der Waals surface area (Å²) in [5, 5.41) is 11.9. The van der Waals surface area contributed by atoms with Gasteiger partial charge in [-0.05, 0) is 44.9 Å². The highest BCUT2D eigenvalue weighted by atomic mass is 16.6. The van der Waals surface area contributed by atoms with Gasteiger partial charge in [-0.2, -0.15) is 0 Å². The van der Waals surface area contributed by atoms with Crippen molar-refractivity contribution < 1.29 is 19.4 Å². The quantitative estimate of drug-likeness (QED) is 0.781. The summed E-state index contributed by atoms with van der Waals surface area (Å²) in [7, 11) is 0. The number of amides is 1. The van der Waals surface area contributed by atoms with E-state index >= 15 is 0 Å². The van der Waals surface area contributed by atoms with Crippen molar-refractivity contribution in [2.45, 2.75) is 52.7 Å². The molecule has 3 unspecified atom stereocenters. The molecule has 20 heavy (non-hydrogen) atoms. The SMILES string of the molecule is CC1C=CC(C)C([C@H](NC(=O)OC(C)(C)C)C(=O)O)C1. The van der Waals surface area contributed by atoms with Crippen LogP contribution in [0.2, 0.25) is 0 Å². The molecule has 0 fully saturated rings. The molecule has 0 bridgehead atoms. The van der Waals surface area contributed by atoms with Crippen LogP contribution in [0.4, 0.5) is 4.79 Å². The molecule has 0 radical (unpaired) electrons. The van der Waals surface area contributed by atoms with Gasteiger partial charge in [-0.15, -0.1) is 0 Å². The molecule has 1 aliphatic rings. The Kier molecular flexibility index (Phi) is 5.20. The molecule has 0 aromatic carbocycles. The number of alkyl carbamates (subject to hydrolysis) is 1. The van der Waals surface area contributed by atoms with Crippen molar-refractivity contribution in [3.63, 3.8) is 0 Å². The topological polar surface area (TPSA) is 75.6 Å². The number of aliphatic carboxylic acids is 1. The third kappa shape index (κ3) is 4.87. The number of carbonyl (C=O) groups is 2. The minimum absolute atomic E-state index is 0.113. The number of ether oxygens (including phenoxy) is 1. The molecule has 1 rings (SSSR count). The summed E-state index contributed by atoms with van der Waals surface area (Å²) < 4.78 is 5.14. The molecule has 0 saturated heterocycles. The van der Waals surface area contributed by atoms with Crippen molar-refractivity contribution >= 4 is 12.1 Å². The van der Waals surface area contributed by atoms with E-state index in [0.29, 0.717) is 5.92 Å². The van der Waals surface area contributed by atoms with Crippen LogP contribution < -0.4 is 5.32 Å². The molecule has 1 aliphatic carbocycles. The highest BCUT2D eigenvalue weighted by Gasteiger charge is 2.36. The van der Waals surface area contributed by atoms with Gasteiger partial charge in [0.15, 0.2) is 0 Å². The Balaban J connectivity index is 2.77. The number of carboxylic acid groups (broad SMARTS) is 1. The summed E-state index contributed by atoms with van der Waals surface area (Å²) in [6.45, 7) is 9.25. The van der Waals surface area contributed by atoms with Gasteiger partial charge >= 0.3 is 12.1 Å². The van der Waals surface area contributed by atoms with Crippen LogP contribution in [0.15, 0.2) is 12.2 Å². The van der Waals surface area contributed by atoms with E-state index in [9.17, 15) is 14.7 Å². The molecule has 0 aromatic heterocycles. The second-order valence-corrected chi connectivity index (χ2v) is 6.58. The lowest BCUT2D eigenvalue weighted by Crippen LogP contribution is -2.50. The number of allylic oxidation sites excluding steroid dienone is 2.